The second-order valence-electron chi connectivity index (χ2n) is 3.12. The summed E-state index contributed by atoms with van der Waals surface area (Å²) >= 11 is 0.896. The third kappa shape index (κ3) is 2.39. The minimum absolute atomic E-state index is 0.0502. The summed E-state index contributed by atoms with van der Waals surface area (Å²) in [6.07, 6.45) is 0. The lowest BCUT2D eigenvalue weighted by molar-refractivity contribution is 0.159. The van der Waals surface area contributed by atoms with Crippen molar-refractivity contribution in [2.24, 2.45) is 0 Å². The highest BCUT2D eigenvalue weighted by Crippen LogP contribution is 2.26. The van der Waals surface area contributed by atoms with Gasteiger partial charge in [0, 0.05) is 11.0 Å². The smallest absolute Gasteiger partial charge is 0.362 e. The molecular formula is C10H7FN2O3S. The van der Waals surface area contributed by atoms with Crippen molar-refractivity contribution in [3.63, 3.8) is 0 Å². The van der Waals surface area contributed by atoms with Crippen LogP contribution >= 0.6 is 11.8 Å². The highest BCUT2D eigenvalue weighted by molar-refractivity contribution is 7.99. The minimum atomic E-state index is -0.962. The molecule has 2 N–H and O–H groups in total. The molecular weight excluding hydrogens is 247 g/mol. The molecule has 5 nitrogen and oxygen atoms in total. The van der Waals surface area contributed by atoms with E-state index in [9.17, 15) is 14.0 Å². The average molecular weight is 254 g/mol. The maximum absolute atomic E-state index is 13.3. The van der Waals surface area contributed by atoms with E-state index in [4.69, 9.17) is 5.21 Å². The quantitative estimate of drug-likeness (QED) is 0.621. The average Bonchev–Trinajstić information content (AvgIpc) is 2.29. The fourth-order valence-corrected chi connectivity index (χ4v) is 2.02. The van der Waals surface area contributed by atoms with Crippen LogP contribution in [-0.2, 0) is 0 Å². The van der Waals surface area contributed by atoms with Crippen LogP contribution in [0.3, 0.4) is 0 Å². The molecule has 0 bridgehead atoms. The molecule has 2 aromatic rings. The fraction of sp³-hybridized carbons (Fsp3) is 0. The zero-order chi connectivity index (χ0) is 12.4. The van der Waals surface area contributed by atoms with E-state index in [-0.39, 0.29) is 14.7 Å². The van der Waals surface area contributed by atoms with E-state index in [1.165, 1.54) is 18.2 Å². The SMILES string of the molecule is O=c1cc(Sc2ccccc2F)[nH]c(=O)n1O. The number of aromatic nitrogens is 2. The van der Waals surface area contributed by atoms with Crippen LogP contribution in [-0.4, -0.2) is 14.9 Å². The molecule has 0 amide bonds. The fourth-order valence-electron chi connectivity index (χ4n) is 1.17. The number of nitrogens with zero attached hydrogens (tertiary/aromatic N) is 1. The molecule has 1 aromatic heterocycles. The van der Waals surface area contributed by atoms with E-state index in [0.717, 1.165) is 17.8 Å². The zero-order valence-electron chi connectivity index (χ0n) is 8.38. The maximum atomic E-state index is 13.3. The van der Waals surface area contributed by atoms with E-state index in [1.807, 2.05) is 0 Å². The van der Waals surface area contributed by atoms with Crippen LogP contribution < -0.4 is 11.2 Å². The van der Waals surface area contributed by atoms with E-state index >= 15 is 0 Å². The van der Waals surface area contributed by atoms with Gasteiger partial charge in [-0.25, -0.2) is 9.18 Å². The molecule has 0 atom stereocenters. The number of H-pyrrole nitrogens is 1. The van der Waals surface area contributed by atoms with Crippen molar-refractivity contribution in [1.82, 2.24) is 9.71 Å². The number of halogens is 1. The summed E-state index contributed by atoms with van der Waals surface area (Å²) in [5, 5.41) is 9.09. The van der Waals surface area contributed by atoms with Gasteiger partial charge in [0.2, 0.25) is 0 Å². The van der Waals surface area contributed by atoms with E-state index in [1.54, 1.807) is 6.07 Å². The van der Waals surface area contributed by atoms with Crippen LogP contribution in [0.25, 0.3) is 0 Å². The number of benzene rings is 1. The molecule has 0 saturated carbocycles. The van der Waals surface area contributed by atoms with Gasteiger partial charge in [-0.3, -0.25) is 9.78 Å². The van der Waals surface area contributed by atoms with E-state index in [2.05, 4.69) is 4.98 Å². The second kappa shape index (κ2) is 4.46. The monoisotopic (exact) mass is 254 g/mol. The van der Waals surface area contributed by atoms with Crippen LogP contribution in [0.1, 0.15) is 0 Å². The van der Waals surface area contributed by atoms with Crippen LogP contribution in [0.4, 0.5) is 4.39 Å². The first kappa shape index (κ1) is 11.5. The molecule has 0 unspecified atom stereocenters. The molecule has 1 heterocycles. The molecule has 0 aliphatic carbocycles. The van der Waals surface area contributed by atoms with E-state index < -0.39 is 17.1 Å². The van der Waals surface area contributed by atoms with Gasteiger partial charge in [0.1, 0.15) is 5.82 Å². The first-order chi connectivity index (χ1) is 8.08. The van der Waals surface area contributed by atoms with Crippen molar-refractivity contribution in [2.45, 2.75) is 9.92 Å². The van der Waals surface area contributed by atoms with Gasteiger partial charge in [0.05, 0.1) is 5.03 Å². The topological polar surface area (TPSA) is 75.1 Å². The zero-order valence-corrected chi connectivity index (χ0v) is 9.20. The molecule has 0 fully saturated rings. The first-order valence-corrected chi connectivity index (χ1v) is 5.37. The lowest BCUT2D eigenvalue weighted by Gasteiger charge is -2.02. The molecule has 17 heavy (non-hydrogen) atoms. The number of nitrogens with one attached hydrogen (secondary N) is 1. The molecule has 0 aliphatic rings. The molecule has 2 rings (SSSR count). The Kier molecular flexibility index (Phi) is 3.01. The first-order valence-electron chi connectivity index (χ1n) is 4.56. The summed E-state index contributed by atoms with van der Waals surface area (Å²) in [7, 11) is 0. The summed E-state index contributed by atoms with van der Waals surface area (Å²) in [4.78, 5) is 24.7. The highest BCUT2D eigenvalue weighted by Gasteiger charge is 2.07. The molecule has 0 aliphatic heterocycles. The predicted molar refractivity (Wildman–Crippen MR) is 59.0 cm³/mol. The summed E-state index contributed by atoms with van der Waals surface area (Å²) in [6.45, 7) is 0. The minimum Gasteiger partial charge on any atom is -0.421 e. The lowest BCUT2D eigenvalue weighted by Crippen LogP contribution is -2.32. The van der Waals surface area contributed by atoms with Crippen LogP contribution in [0, 0.1) is 5.82 Å². The number of hydrogen-bond donors (Lipinski definition) is 2. The van der Waals surface area contributed by atoms with E-state index in [0.29, 0.717) is 0 Å². The predicted octanol–water partition coefficient (Wildman–Crippen LogP) is 1.06. The van der Waals surface area contributed by atoms with Crippen molar-refractivity contribution in [3.05, 3.63) is 57.0 Å². The molecule has 0 spiro atoms. The largest absolute Gasteiger partial charge is 0.421 e. The molecule has 0 radical (unpaired) electrons. The second-order valence-corrected chi connectivity index (χ2v) is 4.21. The Morgan fingerprint density at radius 2 is 2.00 bits per heavy atom. The third-order valence-electron chi connectivity index (χ3n) is 1.94. The van der Waals surface area contributed by atoms with Crippen LogP contribution in [0.2, 0.25) is 0 Å². The van der Waals surface area contributed by atoms with Crippen molar-refractivity contribution in [1.29, 1.82) is 0 Å². The van der Waals surface area contributed by atoms with Crippen molar-refractivity contribution < 1.29 is 9.60 Å². The summed E-state index contributed by atoms with van der Waals surface area (Å²) in [6, 6.07) is 6.97. The number of rotatable bonds is 2. The number of aromatic amines is 1. The van der Waals surface area contributed by atoms with Crippen molar-refractivity contribution in [3.8, 4) is 0 Å². The summed E-state index contributed by atoms with van der Waals surface area (Å²) in [5.74, 6) is -0.452. The van der Waals surface area contributed by atoms with Gasteiger partial charge in [-0.15, -0.1) is 0 Å². The standard InChI is InChI=1S/C10H7FN2O3S/c11-6-3-1-2-4-7(6)17-8-5-9(14)13(16)10(15)12-8/h1-5,16H,(H,12,15). The van der Waals surface area contributed by atoms with Gasteiger partial charge in [-0.1, -0.05) is 28.6 Å². The number of hydrogen-bond acceptors (Lipinski definition) is 4. The molecule has 1 aromatic carbocycles. The maximum Gasteiger partial charge on any atom is 0.362 e. The van der Waals surface area contributed by atoms with Crippen molar-refractivity contribution >= 4 is 11.8 Å². The molecule has 7 heteroatoms. The molecule has 0 saturated heterocycles. The Morgan fingerprint density at radius 1 is 1.29 bits per heavy atom. The summed E-state index contributed by atoms with van der Waals surface area (Å²) in [5.41, 5.74) is -1.83. The van der Waals surface area contributed by atoms with Gasteiger partial charge in [-0.05, 0) is 12.1 Å². The lowest BCUT2D eigenvalue weighted by atomic mass is 10.3. The Hall–Kier alpha value is -2.02. The highest BCUT2D eigenvalue weighted by atomic mass is 32.2. The van der Waals surface area contributed by atoms with Gasteiger partial charge >= 0.3 is 5.69 Å². The Morgan fingerprint density at radius 3 is 2.65 bits per heavy atom. The Balaban J connectivity index is 2.41. The Bertz CT molecular complexity index is 634. The van der Waals surface area contributed by atoms with Gasteiger partial charge in [0.25, 0.3) is 5.56 Å². The van der Waals surface area contributed by atoms with Crippen LogP contribution in [0.15, 0.2) is 49.8 Å². The van der Waals surface area contributed by atoms with Gasteiger partial charge in [-0.2, -0.15) is 0 Å². The van der Waals surface area contributed by atoms with Gasteiger partial charge in [0.15, 0.2) is 0 Å². The normalized spacial score (nSPS) is 10.4. The third-order valence-corrected chi connectivity index (χ3v) is 2.93. The molecule has 88 valence electrons. The Labute approximate surface area is 98.5 Å². The summed E-state index contributed by atoms with van der Waals surface area (Å²) < 4.78 is 13.3. The van der Waals surface area contributed by atoms with Crippen molar-refractivity contribution in [2.75, 3.05) is 0 Å². The van der Waals surface area contributed by atoms with Crippen LogP contribution in [0.5, 0.6) is 0 Å². The van der Waals surface area contributed by atoms with Gasteiger partial charge < -0.3 is 5.21 Å².